The van der Waals surface area contributed by atoms with E-state index in [1.165, 1.54) is 24.9 Å². The van der Waals surface area contributed by atoms with Crippen LogP contribution >= 0.6 is 0 Å². The van der Waals surface area contributed by atoms with E-state index >= 15 is 0 Å². The first-order valence-corrected chi connectivity index (χ1v) is 9.47. The summed E-state index contributed by atoms with van der Waals surface area (Å²) in [5, 5.41) is 9.77. The summed E-state index contributed by atoms with van der Waals surface area (Å²) in [4.78, 5) is 16.7. The van der Waals surface area contributed by atoms with Crippen LogP contribution in [0.2, 0.25) is 0 Å². The maximum Gasteiger partial charge on any atom is 0.248 e. The summed E-state index contributed by atoms with van der Waals surface area (Å²) in [6, 6.07) is 3.80. The lowest BCUT2D eigenvalue weighted by Crippen LogP contribution is -2.34. The third-order valence-corrected chi connectivity index (χ3v) is 5.28. The minimum Gasteiger partial charge on any atom is -0.390 e. The number of hydrogen-bond acceptors (Lipinski definition) is 3. The number of rotatable bonds is 8. The molecule has 136 valence electrons. The molecule has 1 saturated heterocycles. The van der Waals surface area contributed by atoms with Crippen LogP contribution in [0.5, 0.6) is 0 Å². The van der Waals surface area contributed by atoms with Crippen molar-refractivity contribution in [2.24, 2.45) is 5.92 Å². The number of hydrogen-bond donors (Lipinski definition) is 2. The number of piperidine rings is 1. The third-order valence-electron chi connectivity index (χ3n) is 5.28. The number of aromatic nitrogens is 1. The van der Waals surface area contributed by atoms with Crippen molar-refractivity contribution in [3.63, 3.8) is 0 Å². The third kappa shape index (κ3) is 6.78. The zero-order chi connectivity index (χ0) is 17.6. The largest absolute Gasteiger partial charge is 0.390 e. The Morgan fingerprint density at radius 2 is 2.04 bits per heavy atom. The van der Waals surface area contributed by atoms with Crippen LogP contribution in [0.4, 0.5) is 0 Å². The highest BCUT2D eigenvalue weighted by atomic mass is 16.3. The van der Waals surface area contributed by atoms with Crippen LogP contribution in [0.1, 0.15) is 70.8 Å². The van der Waals surface area contributed by atoms with Crippen molar-refractivity contribution in [1.82, 2.24) is 9.88 Å². The van der Waals surface area contributed by atoms with Crippen LogP contribution in [0.15, 0.2) is 23.1 Å². The molecule has 1 unspecified atom stereocenters. The number of aromatic amines is 1. The summed E-state index contributed by atoms with van der Waals surface area (Å²) in [6.07, 6.45) is 8.50. The Morgan fingerprint density at radius 1 is 1.33 bits per heavy atom. The molecule has 0 aliphatic carbocycles. The molecule has 24 heavy (non-hydrogen) atoms. The SMILES string of the molecule is CC(CCCC(C)(C)O)CCN1CCC(c2cc[nH]c(=O)c2)CC1. The number of nitrogens with zero attached hydrogens (tertiary/aromatic N) is 1. The first-order valence-electron chi connectivity index (χ1n) is 9.47. The molecule has 0 radical (unpaired) electrons. The van der Waals surface area contributed by atoms with Gasteiger partial charge in [0.2, 0.25) is 5.56 Å². The zero-order valence-electron chi connectivity index (χ0n) is 15.6. The molecule has 1 aliphatic rings. The van der Waals surface area contributed by atoms with E-state index in [2.05, 4.69) is 16.8 Å². The molecule has 4 heteroatoms. The zero-order valence-corrected chi connectivity index (χ0v) is 15.6. The van der Waals surface area contributed by atoms with Crippen molar-refractivity contribution in [2.45, 2.75) is 70.8 Å². The summed E-state index contributed by atoms with van der Waals surface area (Å²) in [5.74, 6) is 1.26. The van der Waals surface area contributed by atoms with Crippen LogP contribution in [0, 0.1) is 5.92 Å². The van der Waals surface area contributed by atoms with Crippen molar-refractivity contribution < 1.29 is 5.11 Å². The van der Waals surface area contributed by atoms with E-state index < -0.39 is 5.60 Å². The van der Waals surface area contributed by atoms with E-state index in [1.54, 1.807) is 12.3 Å². The van der Waals surface area contributed by atoms with Gasteiger partial charge in [-0.25, -0.2) is 0 Å². The molecule has 0 saturated carbocycles. The van der Waals surface area contributed by atoms with Crippen molar-refractivity contribution in [2.75, 3.05) is 19.6 Å². The van der Waals surface area contributed by atoms with Crippen molar-refractivity contribution in [3.8, 4) is 0 Å². The van der Waals surface area contributed by atoms with Crippen LogP contribution in [-0.2, 0) is 0 Å². The Morgan fingerprint density at radius 3 is 2.67 bits per heavy atom. The second-order valence-corrected chi connectivity index (χ2v) is 8.20. The number of H-pyrrole nitrogens is 1. The minimum atomic E-state index is -0.527. The van der Waals surface area contributed by atoms with E-state index in [0.717, 1.165) is 44.7 Å². The summed E-state index contributed by atoms with van der Waals surface area (Å²) < 4.78 is 0. The molecule has 4 nitrogen and oxygen atoms in total. The van der Waals surface area contributed by atoms with E-state index in [-0.39, 0.29) is 5.56 Å². The van der Waals surface area contributed by atoms with E-state index in [0.29, 0.717) is 5.92 Å². The van der Waals surface area contributed by atoms with E-state index in [1.807, 2.05) is 19.9 Å². The number of aliphatic hydroxyl groups is 1. The molecule has 1 atom stereocenters. The molecule has 1 aromatic heterocycles. The van der Waals surface area contributed by atoms with Gasteiger partial charge in [-0.3, -0.25) is 4.79 Å². The molecule has 2 N–H and O–H groups in total. The summed E-state index contributed by atoms with van der Waals surface area (Å²) in [6.45, 7) is 9.55. The van der Waals surface area contributed by atoms with Crippen LogP contribution in [-0.4, -0.2) is 40.2 Å². The fourth-order valence-corrected chi connectivity index (χ4v) is 3.64. The Bertz CT molecular complexity index is 539. The lowest BCUT2D eigenvalue weighted by molar-refractivity contribution is 0.0667. The Kier molecular flexibility index (Phi) is 7.05. The number of nitrogens with one attached hydrogen (secondary N) is 1. The second kappa shape index (κ2) is 8.82. The molecule has 1 aromatic rings. The average Bonchev–Trinajstić information content (AvgIpc) is 2.52. The van der Waals surface area contributed by atoms with E-state index in [4.69, 9.17) is 0 Å². The van der Waals surface area contributed by atoms with Gasteiger partial charge < -0.3 is 15.0 Å². The Hall–Kier alpha value is -1.13. The predicted octanol–water partition coefficient (Wildman–Crippen LogP) is 3.52. The van der Waals surface area contributed by atoms with Crippen molar-refractivity contribution >= 4 is 0 Å². The molecule has 0 bridgehead atoms. The van der Waals surface area contributed by atoms with Gasteiger partial charge in [0.15, 0.2) is 0 Å². The predicted molar refractivity (Wildman–Crippen MR) is 99.4 cm³/mol. The van der Waals surface area contributed by atoms with Gasteiger partial charge in [-0.2, -0.15) is 0 Å². The van der Waals surface area contributed by atoms with Gasteiger partial charge in [-0.15, -0.1) is 0 Å². The minimum absolute atomic E-state index is 0.00908. The van der Waals surface area contributed by atoms with Crippen molar-refractivity contribution in [1.29, 1.82) is 0 Å². The second-order valence-electron chi connectivity index (χ2n) is 8.20. The molecule has 2 heterocycles. The monoisotopic (exact) mass is 334 g/mol. The molecular weight excluding hydrogens is 300 g/mol. The highest BCUT2D eigenvalue weighted by Gasteiger charge is 2.21. The molecule has 2 rings (SSSR count). The van der Waals surface area contributed by atoms with Gasteiger partial charge in [0.1, 0.15) is 0 Å². The van der Waals surface area contributed by atoms with Gasteiger partial charge in [0, 0.05) is 12.3 Å². The van der Waals surface area contributed by atoms with Gasteiger partial charge in [0.25, 0.3) is 0 Å². The van der Waals surface area contributed by atoms with Gasteiger partial charge in [-0.1, -0.05) is 19.8 Å². The Labute approximate surface area is 146 Å². The maximum atomic E-state index is 11.4. The van der Waals surface area contributed by atoms with Crippen LogP contribution in [0.3, 0.4) is 0 Å². The summed E-state index contributed by atoms with van der Waals surface area (Å²) in [5.41, 5.74) is 0.675. The molecule has 1 fully saturated rings. The van der Waals surface area contributed by atoms with Crippen LogP contribution in [0.25, 0.3) is 0 Å². The van der Waals surface area contributed by atoms with Crippen molar-refractivity contribution in [3.05, 3.63) is 34.2 Å². The molecule has 0 aromatic carbocycles. The quantitative estimate of drug-likeness (QED) is 0.765. The molecular formula is C20H34N2O2. The van der Waals surface area contributed by atoms with Gasteiger partial charge >= 0.3 is 0 Å². The number of pyridine rings is 1. The van der Waals surface area contributed by atoms with Crippen LogP contribution < -0.4 is 5.56 Å². The average molecular weight is 335 g/mol. The highest BCUT2D eigenvalue weighted by Crippen LogP contribution is 2.27. The number of likely N-dealkylation sites (tertiary alicyclic amines) is 1. The maximum absolute atomic E-state index is 11.4. The van der Waals surface area contributed by atoms with Gasteiger partial charge in [0.05, 0.1) is 5.60 Å². The summed E-state index contributed by atoms with van der Waals surface area (Å²) >= 11 is 0. The lowest BCUT2D eigenvalue weighted by atomic mass is 9.89. The molecule has 0 amide bonds. The van der Waals surface area contributed by atoms with E-state index in [9.17, 15) is 9.90 Å². The molecule has 0 spiro atoms. The summed E-state index contributed by atoms with van der Waals surface area (Å²) in [7, 11) is 0. The molecule has 1 aliphatic heterocycles. The van der Waals surface area contributed by atoms with Gasteiger partial charge in [-0.05, 0) is 82.6 Å². The standard InChI is InChI=1S/C20H34N2O2/c1-16(5-4-10-20(2,3)24)7-12-22-13-8-17(9-14-22)18-6-11-21-19(23)15-18/h6,11,15-17,24H,4-5,7-10,12-14H2,1-3H3,(H,21,23). The fraction of sp³-hybridized carbons (Fsp3) is 0.750. The normalized spacial score (nSPS) is 18.7. The highest BCUT2D eigenvalue weighted by molar-refractivity contribution is 5.16. The Balaban J connectivity index is 1.65. The topological polar surface area (TPSA) is 56.3 Å². The fourth-order valence-electron chi connectivity index (χ4n) is 3.64. The first kappa shape index (κ1) is 19.2. The first-order chi connectivity index (χ1) is 11.3. The lowest BCUT2D eigenvalue weighted by Gasteiger charge is -2.32. The smallest absolute Gasteiger partial charge is 0.248 e.